The first-order valence-electron chi connectivity index (χ1n) is 17.3. The molecule has 284 valence electrons. The van der Waals surface area contributed by atoms with Gasteiger partial charge >= 0.3 is 0 Å². The van der Waals surface area contributed by atoms with Crippen molar-refractivity contribution >= 4 is 97.8 Å². The summed E-state index contributed by atoms with van der Waals surface area (Å²) < 4.78 is 12.4. The van der Waals surface area contributed by atoms with Gasteiger partial charge in [0.25, 0.3) is 0 Å². The largest absolute Gasteiger partial charge is 0.497 e. The Bertz CT molecular complexity index is 2220. The molecule has 0 saturated heterocycles. The third kappa shape index (κ3) is 10.6. The number of aromatic nitrogens is 2. The molecular formula is C42H37BrCl2N2O4S4. The first kappa shape index (κ1) is 41.5. The lowest BCUT2D eigenvalue weighted by atomic mass is 9.90. The van der Waals surface area contributed by atoms with Crippen molar-refractivity contribution in [3.05, 3.63) is 144 Å². The number of thiazole rings is 2. The molecule has 8 rings (SSSR count). The fourth-order valence-electron chi connectivity index (χ4n) is 6.02. The van der Waals surface area contributed by atoms with E-state index in [2.05, 4.69) is 38.5 Å². The van der Waals surface area contributed by atoms with Crippen molar-refractivity contribution < 1.29 is 19.1 Å². The monoisotopic (exact) mass is 910 g/mol. The Kier molecular flexibility index (Phi) is 14.2. The van der Waals surface area contributed by atoms with Gasteiger partial charge in [-0.25, -0.2) is 9.97 Å². The number of nitrogens with zero attached hydrogens (tertiary/aromatic N) is 2. The summed E-state index contributed by atoms with van der Waals surface area (Å²) in [6, 6.07) is 30.9. The minimum Gasteiger partial charge on any atom is -0.497 e. The lowest BCUT2D eigenvalue weighted by Crippen LogP contribution is -2.22. The molecule has 0 spiro atoms. The van der Waals surface area contributed by atoms with Gasteiger partial charge in [-0.15, -0.1) is 35.3 Å². The molecule has 2 fully saturated rings. The average Bonchev–Trinajstić information content (AvgIpc) is 4.11. The molecule has 55 heavy (non-hydrogen) atoms. The molecule has 6 nitrogen and oxygen atoms in total. The Labute approximate surface area is 357 Å². The Balaban J connectivity index is 0.000000160. The second kappa shape index (κ2) is 18.9. The van der Waals surface area contributed by atoms with E-state index in [-0.39, 0.29) is 22.4 Å². The van der Waals surface area contributed by atoms with Gasteiger partial charge in [0.1, 0.15) is 33.1 Å². The van der Waals surface area contributed by atoms with E-state index in [4.69, 9.17) is 32.7 Å². The van der Waals surface area contributed by atoms with Gasteiger partial charge in [0.2, 0.25) is 0 Å². The smallest absolute Gasteiger partial charge is 0.150 e. The molecular weight excluding hydrogens is 876 g/mol. The first-order chi connectivity index (χ1) is 26.5. The second-order valence-electron chi connectivity index (χ2n) is 12.9. The molecule has 2 aliphatic carbocycles. The van der Waals surface area contributed by atoms with Gasteiger partial charge in [-0.1, -0.05) is 83.5 Å². The topological polar surface area (TPSA) is 78.4 Å². The number of thiol groups is 1. The van der Waals surface area contributed by atoms with E-state index < -0.39 is 0 Å². The lowest BCUT2D eigenvalue weighted by molar-refractivity contribution is -0.121. The zero-order chi connectivity index (χ0) is 39.0. The van der Waals surface area contributed by atoms with E-state index in [9.17, 15) is 9.59 Å². The van der Waals surface area contributed by atoms with Crippen LogP contribution in [0.15, 0.2) is 127 Å². The van der Waals surface area contributed by atoms with Crippen LogP contribution in [0.5, 0.6) is 11.5 Å². The number of halogens is 3. The summed E-state index contributed by atoms with van der Waals surface area (Å²) in [6.07, 6.45) is 8.06. The number of Topliss-reactive ketones (excluding diaryl/α,β-unsaturated/α-hetero) is 2. The van der Waals surface area contributed by atoms with Crippen molar-refractivity contribution in [2.24, 2.45) is 0 Å². The van der Waals surface area contributed by atoms with Crippen LogP contribution in [0.2, 0.25) is 10.0 Å². The van der Waals surface area contributed by atoms with Gasteiger partial charge in [0, 0.05) is 9.79 Å². The van der Waals surface area contributed by atoms with Crippen molar-refractivity contribution in [2.75, 3.05) is 14.2 Å². The maximum absolute atomic E-state index is 13.0. The number of methoxy groups -OCH3 is 2. The summed E-state index contributed by atoms with van der Waals surface area (Å²) in [5.74, 6) is 2.14. The number of carbonyl (C=O) groups excluding carboxylic acids is 2. The van der Waals surface area contributed by atoms with Crippen molar-refractivity contribution in [3.8, 4) is 11.5 Å². The maximum atomic E-state index is 13.0. The van der Waals surface area contributed by atoms with E-state index in [1.807, 2.05) is 103 Å². The molecule has 6 aromatic rings. The third-order valence-electron chi connectivity index (χ3n) is 9.43. The number of hydrogen-bond acceptors (Lipinski definition) is 10. The Morgan fingerprint density at radius 3 is 1.60 bits per heavy atom. The third-order valence-corrected chi connectivity index (χ3v) is 14.4. The van der Waals surface area contributed by atoms with Crippen LogP contribution in [-0.4, -0.2) is 35.8 Å². The van der Waals surface area contributed by atoms with Crippen molar-refractivity contribution in [1.29, 1.82) is 0 Å². The summed E-state index contributed by atoms with van der Waals surface area (Å²) in [5.41, 5.74) is 1.55. The highest BCUT2D eigenvalue weighted by molar-refractivity contribution is 9.11. The van der Waals surface area contributed by atoms with Gasteiger partial charge in [-0.2, -0.15) is 0 Å². The minimum atomic E-state index is -0.339. The van der Waals surface area contributed by atoms with E-state index >= 15 is 0 Å². The van der Waals surface area contributed by atoms with Gasteiger partial charge in [-0.05, 0) is 101 Å². The molecule has 13 heteroatoms. The zero-order valence-corrected chi connectivity index (χ0v) is 36.4. The maximum Gasteiger partial charge on any atom is 0.150 e. The summed E-state index contributed by atoms with van der Waals surface area (Å²) >= 11 is 24.0. The van der Waals surface area contributed by atoms with Crippen LogP contribution < -0.4 is 9.47 Å². The van der Waals surface area contributed by atoms with Gasteiger partial charge in [-0.3, -0.25) is 9.59 Å². The fourth-order valence-corrected chi connectivity index (χ4v) is 9.88. The summed E-state index contributed by atoms with van der Waals surface area (Å²) in [6.45, 7) is 0. The highest BCUT2D eigenvalue weighted by Gasteiger charge is 2.51. The Hall–Kier alpha value is -3.16. The van der Waals surface area contributed by atoms with Crippen LogP contribution in [0, 0.1) is 0 Å². The minimum absolute atomic E-state index is 0.247. The molecule has 0 radical (unpaired) electrons. The van der Waals surface area contributed by atoms with Crippen molar-refractivity contribution in [2.45, 2.75) is 63.4 Å². The quantitative estimate of drug-likeness (QED) is 0.123. The average molecular weight is 913 g/mol. The normalized spacial score (nSPS) is 14.4. The molecule has 0 amide bonds. The van der Waals surface area contributed by atoms with Crippen molar-refractivity contribution in [1.82, 2.24) is 9.97 Å². The van der Waals surface area contributed by atoms with E-state index in [1.54, 1.807) is 43.5 Å². The molecule has 0 aliphatic heterocycles. The fraction of sp³-hybridized carbons (Fsp3) is 0.238. The number of carbonyl (C=O) groups is 2. The highest BCUT2D eigenvalue weighted by atomic mass is 79.9. The molecule has 0 atom stereocenters. The van der Waals surface area contributed by atoms with Crippen LogP contribution >= 0.6 is 86.2 Å². The summed E-state index contributed by atoms with van der Waals surface area (Å²) in [5, 5.41) is 3.16. The van der Waals surface area contributed by atoms with Crippen LogP contribution in [0.3, 0.4) is 0 Å². The number of rotatable bonds is 12. The summed E-state index contributed by atoms with van der Waals surface area (Å²) in [7, 11) is 3.29. The van der Waals surface area contributed by atoms with E-state index in [1.165, 1.54) is 11.3 Å². The molecule has 2 aliphatic rings. The molecule has 2 aromatic heterocycles. The van der Waals surface area contributed by atoms with Gasteiger partial charge in [0.15, 0.2) is 0 Å². The second-order valence-corrected chi connectivity index (χ2v) is 19.2. The Morgan fingerprint density at radius 1 is 0.709 bits per heavy atom. The van der Waals surface area contributed by atoms with Gasteiger partial charge in [0.05, 0.1) is 68.3 Å². The van der Waals surface area contributed by atoms with E-state index in [0.29, 0.717) is 17.9 Å². The number of ether oxygens (including phenoxy) is 2. The van der Waals surface area contributed by atoms with Crippen LogP contribution in [0.1, 0.15) is 46.8 Å². The standard InChI is InChI=1S/C21H18ClNO2S2.C15H14BrNO2S.C6H5ClS/c1-25-15-8-6-14(7-9-15)21(10-11-21)18(24)12-19-23-13-20(27-19)26-17-5-3-2-4-16(17)22;1-19-11-4-2-10(3-5-11)15(6-7-15)12(18)8-14-17-9-13(16)20-14;7-5-3-1-2-4-6(5)8/h2-9,13H,10-12H2,1H3;2-5,9H,6-8H2,1H3;1-4,8H. The molecule has 0 unspecified atom stereocenters. The van der Waals surface area contributed by atoms with Crippen LogP contribution in [0.4, 0.5) is 0 Å². The SMILES string of the molecule is COc1ccc(C2(C(=O)Cc3ncc(Br)s3)CC2)cc1.COc1ccc(C2(C(=O)Cc3ncc(Sc4ccccc4Cl)s3)CC2)cc1.Sc1ccccc1Cl. The van der Waals surface area contributed by atoms with E-state index in [0.717, 1.165) is 81.1 Å². The molecule has 2 saturated carbocycles. The predicted octanol–water partition coefficient (Wildman–Crippen LogP) is 12.2. The van der Waals surface area contributed by atoms with Crippen molar-refractivity contribution in [3.63, 3.8) is 0 Å². The molecule has 4 aromatic carbocycles. The molecule has 0 N–H and O–H groups in total. The number of ketones is 2. The first-order valence-corrected chi connectivity index (χ1v) is 21.8. The number of hydrogen-bond donors (Lipinski definition) is 1. The number of benzene rings is 4. The molecule has 0 bridgehead atoms. The van der Waals surface area contributed by atoms with Crippen LogP contribution in [0.25, 0.3) is 0 Å². The zero-order valence-electron chi connectivity index (χ0n) is 30.0. The lowest BCUT2D eigenvalue weighted by Gasteiger charge is -2.14. The molecule has 2 heterocycles. The van der Waals surface area contributed by atoms with Gasteiger partial charge < -0.3 is 9.47 Å². The highest BCUT2D eigenvalue weighted by Crippen LogP contribution is 2.51. The predicted molar refractivity (Wildman–Crippen MR) is 231 cm³/mol. The van der Waals surface area contributed by atoms with Crippen LogP contribution in [-0.2, 0) is 33.3 Å². The summed E-state index contributed by atoms with van der Waals surface area (Å²) in [4.78, 5) is 36.1. The Morgan fingerprint density at radius 2 is 1.18 bits per heavy atom.